The molecule has 5 rings (SSSR count). The first-order valence-electron chi connectivity index (χ1n) is 10.2. The summed E-state index contributed by atoms with van der Waals surface area (Å²) in [6, 6.07) is 13.8. The molecule has 2 aromatic heterocycles. The molecule has 7 nitrogen and oxygen atoms in total. The maximum atomic E-state index is 6.52. The Kier molecular flexibility index (Phi) is 4.22. The number of benzene rings is 2. The Labute approximate surface area is 180 Å². The summed E-state index contributed by atoms with van der Waals surface area (Å²) < 4.78 is 6.03. The number of ether oxygens (including phenoxy) is 1. The quantitative estimate of drug-likeness (QED) is 0.418. The van der Waals surface area contributed by atoms with E-state index in [-0.39, 0.29) is 11.5 Å². The smallest absolute Gasteiger partial charge is 0.238 e. The van der Waals surface area contributed by atoms with Gasteiger partial charge in [-0.3, -0.25) is 0 Å². The number of nitrogen functional groups attached to an aromatic ring is 2. The molecule has 1 aliphatic rings. The van der Waals surface area contributed by atoms with Crippen molar-refractivity contribution in [2.45, 2.75) is 26.4 Å². The van der Waals surface area contributed by atoms with Gasteiger partial charge in [-0.2, -0.15) is 0 Å². The number of hydrogen-bond donors (Lipinski definition) is 3. The molecule has 0 fully saturated rings. The second-order valence-corrected chi connectivity index (χ2v) is 8.45. The van der Waals surface area contributed by atoms with Gasteiger partial charge >= 0.3 is 0 Å². The third-order valence-corrected chi connectivity index (χ3v) is 5.57. The standard InChI is InChI=1S/C24H24N6O/c1-13-16(11-27-22-20(13)28-12-24(2,3)31-22)15-9-17(25)19-18(10-15)29-23(26)30-21(19)14-7-5-4-6-8-14/h4-11,28H,12,25H2,1-3H3,(H2,26,29,30). The molecular formula is C24H24N6O. The van der Waals surface area contributed by atoms with E-state index in [9.17, 15) is 0 Å². The molecule has 1 aliphatic heterocycles. The summed E-state index contributed by atoms with van der Waals surface area (Å²) >= 11 is 0. The van der Waals surface area contributed by atoms with Crippen LogP contribution < -0.4 is 21.5 Å². The molecular weight excluding hydrogens is 388 g/mol. The van der Waals surface area contributed by atoms with Gasteiger partial charge in [0.2, 0.25) is 11.8 Å². The Bertz CT molecular complexity index is 1320. The van der Waals surface area contributed by atoms with E-state index in [1.165, 1.54) is 0 Å². The minimum atomic E-state index is -0.302. The van der Waals surface area contributed by atoms with E-state index in [4.69, 9.17) is 16.2 Å². The normalized spacial score (nSPS) is 14.5. The molecule has 31 heavy (non-hydrogen) atoms. The minimum absolute atomic E-state index is 0.209. The highest BCUT2D eigenvalue weighted by Crippen LogP contribution is 2.40. The lowest BCUT2D eigenvalue weighted by molar-refractivity contribution is 0.109. The fourth-order valence-electron chi connectivity index (χ4n) is 4.03. The highest BCUT2D eigenvalue weighted by molar-refractivity contribution is 6.03. The molecule has 0 bridgehead atoms. The van der Waals surface area contributed by atoms with Gasteiger partial charge in [0.1, 0.15) is 11.3 Å². The molecule has 0 radical (unpaired) electrons. The van der Waals surface area contributed by atoms with Crippen molar-refractivity contribution in [3.8, 4) is 28.3 Å². The van der Waals surface area contributed by atoms with Crippen molar-refractivity contribution in [2.24, 2.45) is 0 Å². The second-order valence-electron chi connectivity index (χ2n) is 8.45. The summed E-state index contributed by atoms with van der Waals surface area (Å²) in [5.74, 6) is 0.824. The van der Waals surface area contributed by atoms with Crippen molar-refractivity contribution >= 4 is 28.2 Å². The van der Waals surface area contributed by atoms with Gasteiger partial charge in [0.25, 0.3) is 0 Å². The topological polar surface area (TPSA) is 112 Å². The lowest BCUT2D eigenvalue weighted by Crippen LogP contribution is -2.40. The lowest BCUT2D eigenvalue weighted by atomic mass is 9.96. The Morgan fingerprint density at radius 3 is 2.58 bits per heavy atom. The molecule has 0 saturated heterocycles. The average molecular weight is 412 g/mol. The largest absolute Gasteiger partial charge is 0.468 e. The van der Waals surface area contributed by atoms with Gasteiger partial charge in [0.15, 0.2) is 0 Å². The van der Waals surface area contributed by atoms with Gasteiger partial charge in [-0.25, -0.2) is 15.0 Å². The number of pyridine rings is 1. The van der Waals surface area contributed by atoms with E-state index < -0.39 is 0 Å². The fraction of sp³-hybridized carbons (Fsp3) is 0.208. The van der Waals surface area contributed by atoms with E-state index >= 15 is 0 Å². The maximum absolute atomic E-state index is 6.52. The number of fused-ring (bicyclic) bond motifs is 2. The minimum Gasteiger partial charge on any atom is -0.468 e. The van der Waals surface area contributed by atoms with Crippen molar-refractivity contribution in [1.82, 2.24) is 15.0 Å². The zero-order valence-electron chi connectivity index (χ0n) is 17.7. The SMILES string of the molecule is Cc1c(-c2cc(N)c3c(-c4ccccc4)nc(N)nc3c2)cnc2c1NCC(C)(C)O2. The van der Waals surface area contributed by atoms with Crippen LogP contribution in [0.15, 0.2) is 48.7 Å². The molecule has 0 amide bonds. The van der Waals surface area contributed by atoms with Crippen LogP contribution in [0.1, 0.15) is 19.4 Å². The first-order chi connectivity index (χ1) is 14.8. The molecule has 0 atom stereocenters. The van der Waals surface area contributed by atoms with Gasteiger partial charge in [-0.1, -0.05) is 30.3 Å². The predicted molar refractivity (Wildman–Crippen MR) is 125 cm³/mol. The van der Waals surface area contributed by atoms with Crippen molar-refractivity contribution in [1.29, 1.82) is 0 Å². The van der Waals surface area contributed by atoms with Crippen LogP contribution in [0.4, 0.5) is 17.3 Å². The van der Waals surface area contributed by atoms with Crippen LogP contribution in [0.5, 0.6) is 5.88 Å². The van der Waals surface area contributed by atoms with Gasteiger partial charge in [0, 0.05) is 28.4 Å². The molecule has 156 valence electrons. The van der Waals surface area contributed by atoms with E-state index in [0.29, 0.717) is 23.6 Å². The summed E-state index contributed by atoms with van der Waals surface area (Å²) in [7, 11) is 0. The average Bonchev–Trinajstić information content (AvgIpc) is 2.73. The molecule has 0 unspecified atom stereocenters. The molecule has 2 aromatic carbocycles. The first-order valence-corrected chi connectivity index (χ1v) is 10.2. The van der Waals surface area contributed by atoms with E-state index in [1.54, 1.807) is 0 Å². The number of aromatic nitrogens is 3. The van der Waals surface area contributed by atoms with Gasteiger partial charge in [-0.05, 0) is 44.0 Å². The summed E-state index contributed by atoms with van der Waals surface area (Å²) in [6.45, 7) is 6.82. The molecule has 3 heterocycles. The molecule has 0 spiro atoms. The van der Waals surface area contributed by atoms with Crippen LogP contribution in [-0.4, -0.2) is 27.1 Å². The maximum Gasteiger partial charge on any atom is 0.238 e. The van der Waals surface area contributed by atoms with Crippen LogP contribution >= 0.6 is 0 Å². The Morgan fingerprint density at radius 1 is 1.03 bits per heavy atom. The first kappa shape index (κ1) is 19.1. The summed E-state index contributed by atoms with van der Waals surface area (Å²) in [6.07, 6.45) is 1.82. The number of nitrogens with one attached hydrogen (secondary N) is 1. The summed E-state index contributed by atoms with van der Waals surface area (Å²) in [5.41, 5.74) is 19.1. The zero-order valence-corrected chi connectivity index (χ0v) is 17.7. The predicted octanol–water partition coefficient (Wildman–Crippen LogP) is 4.41. The van der Waals surface area contributed by atoms with Crippen molar-refractivity contribution in [2.75, 3.05) is 23.3 Å². The van der Waals surface area contributed by atoms with Crippen LogP contribution in [0.2, 0.25) is 0 Å². The van der Waals surface area contributed by atoms with Crippen molar-refractivity contribution in [3.63, 3.8) is 0 Å². The van der Waals surface area contributed by atoms with Gasteiger partial charge in [0.05, 0.1) is 17.8 Å². The summed E-state index contributed by atoms with van der Waals surface area (Å²) in [4.78, 5) is 13.5. The number of nitrogens with zero attached hydrogens (tertiary/aromatic N) is 3. The van der Waals surface area contributed by atoms with E-state index in [2.05, 4.69) is 27.2 Å². The molecule has 0 aliphatic carbocycles. The molecule has 7 heteroatoms. The van der Waals surface area contributed by atoms with Gasteiger partial charge < -0.3 is 21.5 Å². The second kappa shape index (κ2) is 6.84. The highest BCUT2D eigenvalue weighted by Gasteiger charge is 2.29. The zero-order chi connectivity index (χ0) is 21.8. The van der Waals surface area contributed by atoms with Crippen LogP contribution in [0.3, 0.4) is 0 Å². The van der Waals surface area contributed by atoms with Crippen LogP contribution in [-0.2, 0) is 0 Å². The van der Waals surface area contributed by atoms with Crippen LogP contribution in [0.25, 0.3) is 33.3 Å². The lowest BCUT2D eigenvalue weighted by Gasteiger charge is -2.33. The Balaban J connectivity index is 1.68. The number of anilines is 3. The molecule has 4 aromatic rings. The Morgan fingerprint density at radius 2 is 1.81 bits per heavy atom. The van der Waals surface area contributed by atoms with Gasteiger partial charge in [-0.15, -0.1) is 0 Å². The third kappa shape index (κ3) is 3.28. The van der Waals surface area contributed by atoms with E-state index in [1.807, 2.05) is 62.5 Å². The summed E-state index contributed by atoms with van der Waals surface area (Å²) in [5, 5.41) is 4.25. The van der Waals surface area contributed by atoms with Crippen molar-refractivity contribution < 1.29 is 4.74 Å². The van der Waals surface area contributed by atoms with Crippen LogP contribution in [0, 0.1) is 6.92 Å². The Hall–Kier alpha value is -3.87. The third-order valence-electron chi connectivity index (χ3n) is 5.57. The number of rotatable bonds is 2. The molecule has 5 N–H and O–H groups in total. The van der Waals surface area contributed by atoms with E-state index in [0.717, 1.165) is 39.0 Å². The number of hydrogen-bond acceptors (Lipinski definition) is 7. The highest BCUT2D eigenvalue weighted by atomic mass is 16.5. The fourth-order valence-corrected chi connectivity index (χ4v) is 4.03. The monoisotopic (exact) mass is 412 g/mol. The molecule has 0 saturated carbocycles. The van der Waals surface area contributed by atoms with Crippen molar-refractivity contribution in [3.05, 3.63) is 54.2 Å². The number of nitrogens with two attached hydrogens (primary N) is 2.